The zero-order valence-corrected chi connectivity index (χ0v) is 8.32. The third kappa shape index (κ3) is 6.54. The van der Waals surface area contributed by atoms with Gasteiger partial charge in [-0.1, -0.05) is 0 Å². The Balaban J connectivity index is 3.63. The minimum atomic E-state index is -0.780. The van der Waals surface area contributed by atoms with Crippen molar-refractivity contribution in [1.82, 2.24) is 0 Å². The number of carbonyl (C=O) groups is 1. The Kier molecular flexibility index (Phi) is 6.54. The fourth-order valence-corrected chi connectivity index (χ4v) is 1.04. The fraction of sp³-hybridized carbons (Fsp3) is 0.889. The number of hydrogen-bond acceptors (Lipinski definition) is 3. The van der Waals surface area contributed by atoms with E-state index in [0.29, 0.717) is 26.0 Å². The molecule has 0 saturated carbocycles. The van der Waals surface area contributed by atoms with Gasteiger partial charge in [0, 0.05) is 6.61 Å². The number of rotatable bonds is 7. The predicted molar refractivity (Wildman–Crippen MR) is 50.5 cm³/mol. The molecule has 0 radical (unpaired) electrons. The second kappa shape index (κ2) is 6.86. The maximum absolute atomic E-state index is 10.7. The molecule has 13 heavy (non-hydrogen) atoms. The van der Waals surface area contributed by atoms with Crippen LogP contribution in [0.2, 0.25) is 0 Å². The molecule has 0 rings (SSSR count). The standard InChI is InChI=1S/C9H19NO3/c1-7(2)13-6-4-8(3-5-10)9(11)12/h7-8H,3-6,10H2,1-2H3,(H,11,12). The zero-order chi connectivity index (χ0) is 10.3. The quantitative estimate of drug-likeness (QED) is 0.622. The third-order valence-corrected chi connectivity index (χ3v) is 1.78. The van der Waals surface area contributed by atoms with Gasteiger partial charge in [-0.3, -0.25) is 4.79 Å². The average Bonchev–Trinajstić information content (AvgIpc) is 2.02. The molecule has 0 aromatic heterocycles. The first kappa shape index (κ1) is 12.4. The summed E-state index contributed by atoms with van der Waals surface area (Å²) in [5.74, 6) is -1.14. The van der Waals surface area contributed by atoms with Crippen LogP contribution in [0.4, 0.5) is 0 Å². The predicted octanol–water partition coefficient (Wildman–Crippen LogP) is 0.851. The first-order valence-electron chi connectivity index (χ1n) is 4.62. The second-order valence-corrected chi connectivity index (χ2v) is 3.32. The molecule has 4 nitrogen and oxygen atoms in total. The van der Waals surface area contributed by atoms with Crippen molar-refractivity contribution in [2.75, 3.05) is 13.2 Å². The van der Waals surface area contributed by atoms with Crippen molar-refractivity contribution >= 4 is 5.97 Å². The first-order chi connectivity index (χ1) is 6.07. The Labute approximate surface area is 79.1 Å². The Morgan fingerprint density at radius 1 is 1.46 bits per heavy atom. The summed E-state index contributed by atoms with van der Waals surface area (Å²) in [5.41, 5.74) is 5.29. The molecule has 0 aliphatic heterocycles. The van der Waals surface area contributed by atoms with E-state index in [1.807, 2.05) is 13.8 Å². The van der Waals surface area contributed by atoms with Crippen molar-refractivity contribution in [2.45, 2.75) is 32.8 Å². The van der Waals surface area contributed by atoms with Crippen LogP contribution in [0.1, 0.15) is 26.7 Å². The molecule has 1 atom stereocenters. The summed E-state index contributed by atoms with van der Waals surface area (Å²) in [7, 11) is 0. The molecular weight excluding hydrogens is 170 g/mol. The fourth-order valence-electron chi connectivity index (χ4n) is 1.04. The lowest BCUT2D eigenvalue weighted by Gasteiger charge is -2.12. The van der Waals surface area contributed by atoms with Crippen LogP contribution in [-0.2, 0) is 9.53 Å². The minimum absolute atomic E-state index is 0.160. The largest absolute Gasteiger partial charge is 0.481 e. The molecule has 78 valence electrons. The molecule has 0 aliphatic carbocycles. The minimum Gasteiger partial charge on any atom is -0.481 e. The van der Waals surface area contributed by atoms with Gasteiger partial charge >= 0.3 is 5.97 Å². The highest BCUT2D eigenvalue weighted by atomic mass is 16.5. The van der Waals surface area contributed by atoms with E-state index < -0.39 is 5.97 Å². The normalized spacial score (nSPS) is 13.2. The topological polar surface area (TPSA) is 72.5 Å². The highest BCUT2D eigenvalue weighted by Crippen LogP contribution is 2.08. The summed E-state index contributed by atoms with van der Waals surface area (Å²) in [6.07, 6.45) is 1.23. The highest BCUT2D eigenvalue weighted by molar-refractivity contribution is 5.69. The van der Waals surface area contributed by atoms with Crippen molar-refractivity contribution in [3.8, 4) is 0 Å². The Morgan fingerprint density at radius 2 is 2.08 bits per heavy atom. The molecular formula is C9H19NO3. The van der Waals surface area contributed by atoms with Gasteiger partial charge in [0.2, 0.25) is 0 Å². The molecule has 4 heteroatoms. The van der Waals surface area contributed by atoms with Gasteiger partial charge in [-0.05, 0) is 33.2 Å². The van der Waals surface area contributed by atoms with E-state index in [0.717, 1.165) is 0 Å². The van der Waals surface area contributed by atoms with E-state index in [2.05, 4.69) is 0 Å². The van der Waals surface area contributed by atoms with Gasteiger partial charge < -0.3 is 15.6 Å². The number of nitrogens with two attached hydrogens (primary N) is 1. The van der Waals surface area contributed by atoms with Crippen LogP contribution < -0.4 is 5.73 Å². The molecule has 0 heterocycles. The molecule has 1 unspecified atom stereocenters. The summed E-state index contributed by atoms with van der Waals surface area (Å²) in [6.45, 7) is 4.77. The lowest BCUT2D eigenvalue weighted by molar-refractivity contribution is -0.142. The Hall–Kier alpha value is -0.610. The molecule has 0 spiro atoms. The van der Waals surface area contributed by atoms with Crippen LogP contribution in [0.3, 0.4) is 0 Å². The number of aliphatic carboxylic acids is 1. The molecule has 0 aliphatic rings. The molecule has 3 N–H and O–H groups in total. The Morgan fingerprint density at radius 3 is 2.46 bits per heavy atom. The maximum Gasteiger partial charge on any atom is 0.306 e. The van der Waals surface area contributed by atoms with Crippen LogP contribution in [0.5, 0.6) is 0 Å². The molecule has 0 saturated heterocycles. The van der Waals surface area contributed by atoms with Gasteiger partial charge in [0.15, 0.2) is 0 Å². The van der Waals surface area contributed by atoms with Crippen LogP contribution >= 0.6 is 0 Å². The summed E-state index contributed by atoms with van der Waals surface area (Å²) in [5, 5.41) is 8.76. The van der Waals surface area contributed by atoms with E-state index in [4.69, 9.17) is 15.6 Å². The van der Waals surface area contributed by atoms with Crippen molar-refractivity contribution in [3.63, 3.8) is 0 Å². The third-order valence-electron chi connectivity index (χ3n) is 1.78. The Bertz CT molecular complexity index is 148. The van der Waals surface area contributed by atoms with E-state index in [1.54, 1.807) is 0 Å². The van der Waals surface area contributed by atoms with E-state index in [1.165, 1.54) is 0 Å². The number of carboxylic acids is 1. The van der Waals surface area contributed by atoms with E-state index >= 15 is 0 Å². The number of ether oxygens (including phenoxy) is 1. The van der Waals surface area contributed by atoms with Crippen LogP contribution in [0.25, 0.3) is 0 Å². The van der Waals surface area contributed by atoms with Gasteiger partial charge in [0.25, 0.3) is 0 Å². The van der Waals surface area contributed by atoms with E-state index in [9.17, 15) is 4.79 Å². The van der Waals surface area contributed by atoms with Crippen molar-refractivity contribution in [3.05, 3.63) is 0 Å². The number of hydrogen-bond donors (Lipinski definition) is 2. The van der Waals surface area contributed by atoms with E-state index in [-0.39, 0.29) is 12.0 Å². The molecule has 0 fully saturated rings. The lowest BCUT2D eigenvalue weighted by Crippen LogP contribution is -2.20. The van der Waals surface area contributed by atoms with Crippen molar-refractivity contribution in [1.29, 1.82) is 0 Å². The van der Waals surface area contributed by atoms with Gasteiger partial charge in [-0.25, -0.2) is 0 Å². The number of carboxylic acid groups (broad SMARTS) is 1. The average molecular weight is 189 g/mol. The first-order valence-corrected chi connectivity index (χ1v) is 4.62. The zero-order valence-electron chi connectivity index (χ0n) is 8.32. The molecule has 0 amide bonds. The monoisotopic (exact) mass is 189 g/mol. The van der Waals surface area contributed by atoms with Crippen molar-refractivity contribution in [2.24, 2.45) is 11.7 Å². The van der Waals surface area contributed by atoms with Gasteiger partial charge in [0.05, 0.1) is 12.0 Å². The van der Waals surface area contributed by atoms with Crippen molar-refractivity contribution < 1.29 is 14.6 Å². The van der Waals surface area contributed by atoms with Gasteiger partial charge in [-0.2, -0.15) is 0 Å². The van der Waals surface area contributed by atoms with Gasteiger partial charge in [0.1, 0.15) is 0 Å². The SMILES string of the molecule is CC(C)OCCC(CCN)C(=O)O. The highest BCUT2D eigenvalue weighted by Gasteiger charge is 2.15. The lowest BCUT2D eigenvalue weighted by atomic mass is 10.0. The summed E-state index contributed by atoms with van der Waals surface area (Å²) in [4.78, 5) is 10.7. The summed E-state index contributed by atoms with van der Waals surface area (Å²) >= 11 is 0. The van der Waals surface area contributed by atoms with Gasteiger partial charge in [-0.15, -0.1) is 0 Å². The second-order valence-electron chi connectivity index (χ2n) is 3.32. The smallest absolute Gasteiger partial charge is 0.306 e. The van der Waals surface area contributed by atoms with Crippen LogP contribution in [0, 0.1) is 5.92 Å². The molecule has 0 aromatic carbocycles. The van der Waals surface area contributed by atoms with Crippen LogP contribution in [-0.4, -0.2) is 30.3 Å². The van der Waals surface area contributed by atoms with Crippen LogP contribution in [0.15, 0.2) is 0 Å². The summed E-state index contributed by atoms with van der Waals surface area (Å²) < 4.78 is 5.26. The molecule has 0 aromatic rings. The molecule has 0 bridgehead atoms. The maximum atomic E-state index is 10.7. The summed E-state index contributed by atoms with van der Waals surface area (Å²) in [6, 6.07) is 0.